The first-order chi connectivity index (χ1) is 17.9. The molecule has 3 aromatic carbocycles. The molecule has 4 rings (SSSR count). The zero-order valence-electron chi connectivity index (χ0n) is 19.4. The number of rotatable bonds is 10. The summed E-state index contributed by atoms with van der Waals surface area (Å²) >= 11 is 12.1. The average molecular weight is 538 g/mol. The van der Waals surface area contributed by atoms with Crippen LogP contribution in [0.5, 0.6) is 5.75 Å². The molecule has 0 unspecified atom stereocenters. The summed E-state index contributed by atoms with van der Waals surface area (Å²) in [6, 6.07) is 20.7. The lowest BCUT2D eigenvalue weighted by Crippen LogP contribution is -2.28. The van der Waals surface area contributed by atoms with Gasteiger partial charge in [-0.1, -0.05) is 77.8 Å². The minimum absolute atomic E-state index is 0.0842. The molecule has 8 nitrogen and oxygen atoms in total. The zero-order valence-corrected chi connectivity index (χ0v) is 20.9. The molecule has 1 aromatic heterocycles. The van der Waals surface area contributed by atoms with Crippen LogP contribution in [0.4, 0.5) is 0 Å². The van der Waals surface area contributed by atoms with Gasteiger partial charge in [-0.15, -0.1) is 0 Å². The Hall–Kier alpha value is -3.98. The van der Waals surface area contributed by atoms with Gasteiger partial charge in [-0.2, -0.15) is 0 Å². The Bertz CT molecular complexity index is 1440. The van der Waals surface area contributed by atoms with Crippen molar-refractivity contribution in [3.8, 4) is 17.1 Å². The third-order valence-electron chi connectivity index (χ3n) is 5.19. The van der Waals surface area contributed by atoms with Crippen LogP contribution < -0.4 is 15.6 Å². The third-order valence-corrected chi connectivity index (χ3v) is 5.62. The van der Waals surface area contributed by atoms with Gasteiger partial charge in [0.25, 0.3) is 11.5 Å². The Labute approximate surface area is 222 Å². The van der Waals surface area contributed by atoms with Crippen molar-refractivity contribution in [2.45, 2.75) is 13.2 Å². The largest absolute Gasteiger partial charge is 0.459 e. The molecule has 1 amide bonds. The lowest BCUT2D eigenvalue weighted by Gasteiger charge is -2.13. The number of carbonyl (C=O) groups is 2. The molecule has 0 saturated carbocycles. The van der Waals surface area contributed by atoms with Crippen molar-refractivity contribution in [1.82, 2.24) is 15.3 Å². The highest BCUT2D eigenvalue weighted by Gasteiger charge is 2.21. The smallest absolute Gasteiger partial charge is 0.294 e. The van der Waals surface area contributed by atoms with Crippen LogP contribution in [0.1, 0.15) is 32.0 Å². The summed E-state index contributed by atoms with van der Waals surface area (Å²) in [5, 5.41) is 3.56. The number of aromatic nitrogens is 2. The molecule has 37 heavy (non-hydrogen) atoms. The second-order valence-electron chi connectivity index (χ2n) is 7.89. The van der Waals surface area contributed by atoms with Crippen LogP contribution in [-0.2, 0) is 17.9 Å². The number of ether oxygens (including phenoxy) is 2. The van der Waals surface area contributed by atoms with E-state index in [0.717, 1.165) is 5.56 Å². The van der Waals surface area contributed by atoms with E-state index < -0.39 is 11.5 Å². The molecule has 2 N–H and O–H groups in total. The Morgan fingerprint density at radius 1 is 0.973 bits per heavy atom. The third kappa shape index (κ3) is 7.04. The quantitative estimate of drug-likeness (QED) is 0.166. The molecular formula is C27H21Cl2N3O5. The Morgan fingerprint density at radius 2 is 1.68 bits per heavy atom. The minimum Gasteiger partial charge on any atom is -0.459 e. The van der Waals surface area contributed by atoms with Gasteiger partial charge < -0.3 is 19.8 Å². The maximum absolute atomic E-state index is 13.1. The summed E-state index contributed by atoms with van der Waals surface area (Å²) < 4.78 is 11.1. The van der Waals surface area contributed by atoms with Crippen LogP contribution in [0.25, 0.3) is 11.4 Å². The molecule has 0 fully saturated rings. The van der Waals surface area contributed by atoms with Crippen LogP contribution in [0.3, 0.4) is 0 Å². The molecule has 0 saturated heterocycles. The van der Waals surface area contributed by atoms with E-state index in [0.29, 0.717) is 33.0 Å². The zero-order chi connectivity index (χ0) is 26.2. The summed E-state index contributed by atoms with van der Waals surface area (Å²) in [7, 11) is 0. The highest BCUT2D eigenvalue weighted by Crippen LogP contribution is 2.21. The minimum atomic E-state index is -0.663. The lowest BCUT2D eigenvalue weighted by atomic mass is 10.1. The average Bonchev–Trinajstić information content (AvgIpc) is 2.90. The molecule has 0 radical (unpaired) electrons. The van der Waals surface area contributed by atoms with Crippen LogP contribution in [0.15, 0.2) is 77.6 Å². The van der Waals surface area contributed by atoms with Gasteiger partial charge in [-0.3, -0.25) is 14.4 Å². The maximum atomic E-state index is 13.1. The van der Waals surface area contributed by atoms with Crippen molar-refractivity contribution in [3.63, 3.8) is 0 Å². The predicted molar refractivity (Wildman–Crippen MR) is 140 cm³/mol. The van der Waals surface area contributed by atoms with Crippen molar-refractivity contribution in [2.75, 3.05) is 6.79 Å². The van der Waals surface area contributed by atoms with Gasteiger partial charge in [-0.25, -0.2) is 4.98 Å². The second kappa shape index (κ2) is 12.3. The Kier molecular flexibility index (Phi) is 8.68. The van der Waals surface area contributed by atoms with Crippen LogP contribution >= 0.6 is 23.2 Å². The van der Waals surface area contributed by atoms with E-state index in [4.69, 9.17) is 32.7 Å². The molecule has 0 bridgehead atoms. The number of hydrogen-bond donors (Lipinski definition) is 2. The van der Waals surface area contributed by atoms with Crippen LogP contribution in [-0.4, -0.2) is 29.0 Å². The van der Waals surface area contributed by atoms with Gasteiger partial charge in [0, 0.05) is 27.7 Å². The van der Waals surface area contributed by atoms with Gasteiger partial charge in [0.1, 0.15) is 12.1 Å². The summed E-state index contributed by atoms with van der Waals surface area (Å²) in [4.78, 5) is 44.0. The fourth-order valence-corrected chi connectivity index (χ4v) is 3.99. The number of aromatic amines is 1. The molecular weight excluding hydrogens is 517 g/mol. The lowest BCUT2D eigenvalue weighted by molar-refractivity contribution is 0.00354. The van der Waals surface area contributed by atoms with Crippen molar-refractivity contribution < 1.29 is 19.1 Å². The number of amides is 1. The van der Waals surface area contributed by atoms with Crippen molar-refractivity contribution in [3.05, 3.63) is 116 Å². The summed E-state index contributed by atoms with van der Waals surface area (Å²) in [6.07, 6.45) is 0.702. The number of nitrogens with zero attached hydrogens (tertiary/aromatic N) is 1. The summed E-state index contributed by atoms with van der Waals surface area (Å²) in [5.41, 5.74) is 1.66. The standard InChI is InChI=1S/C27H21Cl2N3O5/c28-21-10-19(11-22(29)12-21)13-30-26(34)23-24(37-16-36-15-18-4-2-1-3-5-18)27(35)32-25(31-23)20-8-6-17(14-33)7-9-20/h1-12,14H,13,15-16H2,(H,30,34)(H,31,32,35). The normalized spacial score (nSPS) is 10.6. The number of carbonyl (C=O) groups excluding carboxylic acids is 2. The Balaban J connectivity index is 1.58. The molecule has 4 aromatic rings. The number of benzene rings is 3. The van der Waals surface area contributed by atoms with Crippen LogP contribution in [0.2, 0.25) is 10.0 Å². The SMILES string of the molecule is O=Cc1ccc(-c2nc(C(=O)NCc3cc(Cl)cc(Cl)c3)c(OCOCc3ccccc3)c(=O)[nH]2)cc1. The monoisotopic (exact) mass is 537 g/mol. The predicted octanol–water partition coefficient (Wildman–Crippen LogP) is 5.04. The highest BCUT2D eigenvalue weighted by molar-refractivity contribution is 6.34. The summed E-state index contributed by atoms with van der Waals surface area (Å²) in [6.45, 7) is 0.0580. The van der Waals surface area contributed by atoms with Gasteiger partial charge in [0.2, 0.25) is 5.75 Å². The van der Waals surface area contributed by atoms with Crippen molar-refractivity contribution in [1.29, 1.82) is 0 Å². The molecule has 0 atom stereocenters. The van der Waals surface area contributed by atoms with E-state index in [9.17, 15) is 14.4 Å². The molecule has 0 spiro atoms. The van der Waals surface area contributed by atoms with E-state index in [1.165, 1.54) is 0 Å². The first kappa shape index (κ1) is 26.1. The van der Waals surface area contributed by atoms with Crippen molar-refractivity contribution in [2.24, 2.45) is 0 Å². The van der Waals surface area contributed by atoms with E-state index in [1.807, 2.05) is 30.3 Å². The number of nitrogens with one attached hydrogen (secondary N) is 2. The van der Waals surface area contributed by atoms with E-state index in [2.05, 4.69) is 15.3 Å². The Morgan fingerprint density at radius 3 is 2.35 bits per heavy atom. The number of aldehydes is 1. The van der Waals surface area contributed by atoms with Crippen LogP contribution in [0, 0.1) is 0 Å². The first-order valence-corrected chi connectivity index (χ1v) is 11.9. The molecule has 0 aliphatic heterocycles. The van der Waals surface area contributed by atoms with Gasteiger partial charge in [0.15, 0.2) is 12.5 Å². The number of hydrogen-bond acceptors (Lipinski definition) is 6. The van der Waals surface area contributed by atoms with E-state index in [-0.39, 0.29) is 37.2 Å². The van der Waals surface area contributed by atoms with E-state index in [1.54, 1.807) is 42.5 Å². The first-order valence-electron chi connectivity index (χ1n) is 11.1. The molecule has 1 heterocycles. The molecule has 10 heteroatoms. The molecule has 0 aliphatic rings. The van der Waals surface area contributed by atoms with Gasteiger partial charge in [-0.05, 0) is 29.3 Å². The highest BCUT2D eigenvalue weighted by atomic mass is 35.5. The molecule has 188 valence electrons. The van der Waals surface area contributed by atoms with Gasteiger partial charge in [0.05, 0.1) is 6.61 Å². The van der Waals surface area contributed by atoms with E-state index >= 15 is 0 Å². The number of H-pyrrole nitrogens is 1. The van der Waals surface area contributed by atoms with Crippen molar-refractivity contribution >= 4 is 35.4 Å². The number of halogens is 2. The fourth-order valence-electron chi connectivity index (χ4n) is 3.42. The fraction of sp³-hybridized carbons (Fsp3) is 0.111. The topological polar surface area (TPSA) is 110 Å². The maximum Gasteiger partial charge on any atom is 0.294 e. The second-order valence-corrected chi connectivity index (χ2v) is 8.76. The van der Waals surface area contributed by atoms with Gasteiger partial charge >= 0.3 is 0 Å². The summed E-state index contributed by atoms with van der Waals surface area (Å²) in [5.74, 6) is -0.801. The molecule has 0 aliphatic carbocycles.